The first kappa shape index (κ1) is 15.5. The van der Waals surface area contributed by atoms with E-state index in [0.29, 0.717) is 23.2 Å². The van der Waals surface area contributed by atoms with Crippen LogP contribution in [0.2, 0.25) is 0 Å². The van der Waals surface area contributed by atoms with Gasteiger partial charge in [-0.1, -0.05) is 28.1 Å². The molecule has 0 fully saturated rings. The standard InChI is InChI=1S/C15H14BrNO4/c16-15-9-13(17(19)20)4-3-12(15)10-21-14-5-1-11(2-6-14)7-8-18/h1-6,9,18H,7-8,10H2. The molecule has 0 aliphatic rings. The summed E-state index contributed by atoms with van der Waals surface area (Å²) in [5.41, 5.74) is 1.92. The monoisotopic (exact) mass is 351 g/mol. The molecule has 0 aliphatic heterocycles. The van der Waals surface area contributed by atoms with E-state index in [1.807, 2.05) is 24.3 Å². The maximum Gasteiger partial charge on any atom is 0.270 e. The molecule has 0 bridgehead atoms. The number of hydrogen-bond donors (Lipinski definition) is 1. The number of benzene rings is 2. The van der Waals surface area contributed by atoms with Crippen molar-refractivity contribution >= 4 is 21.6 Å². The van der Waals surface area contributed by atoms with Gasteiger partial charge in [-0.2, -0.15) is 0 Å². The molecule has 0 heterocycles. The molecule has 0 saturated carbocycles. The first-order valence-corrected chi connectivity index (χ1v) is 7.15. The average molecular weight is 352 g/mol. The van der Waals surface area contributed by atoms with Gasteiger partial charge in [-0.25, -0.2) is 0 Å². The van der Waals surface area contributed by atoms with E-state index in [9.17, 15) is 10.1 Å². The molecule has 0 unspecified atom stereocenters. The zero-order valence-electron chi connectivity index (χ0n) is 11.2. The Labute approximate surface area is 130 Å². The first-order chi connectivity index (χ1) is 10.1. The van der Waals surface area contributed by atoms with Gasteiger partial charge >= 0.3 is 0 Å². The van der Waals surface area contributed by atoms with Crippen molar-refractivity contribution < 1.29 is 14.8 Å². The second-order valence-corrected chi connectivity index (χ2v) is 5.29. The van der Waals surface area contributed by atoms with E-state index in [0.717, 1.165) is 11.1 Å². The van der Waals surface area contributed by atoms with Gasteiger partial charge in [-0.15, -0.1) is 0 Å². The molecule has 6 heteroatoms. The number of nitro benzene ring substituents is 1. The molecular formula is C15H14BrNO4. The predicted octanol–water partition coefficient (Wildman–Crippen LogP) is 3.47. The van der Waals surface area contributed by atoms with Crippen LogP contribution < -0.4 is 4.74 Å². The molecule has 110 valence electrons. The van der Waals surface area contributed by atoms with Crippen LogP contribution in [0.1, 0.15) is 11.1 Å². The van der Waals surface area contributed by atoms with E-state index in [-0.39, 0.29) is 12.3 Å². The van der Waals surface area contributed by atoms with Crippen LogP contribution in [-0.4, -0.2) is 16.6 Å². The molecule has 0 amide bonds. The lowest BCUT2D eigenvalue weighted by Gasteiger charge is -2.08. The Morgan fingerprint density at radius 1 is 1.19 bits per heavy atom. The van der Waals surface area contributed by atoms with Crippen molar-refractivity contribution in [3.63, 3.8) is 0 Å². The number of halogens is 1. The van der Waals surface area contributed by atoms with E-state index in [2.05, 4.69) is 15.9 Å². The van der Waals surface area contributed by atoms with Gasteiger partial charge in [0.05, 0.1) is 4.92 Å². The third-order valence-corrected chi connectivity index (χ3v) is 3.70. The maximum atomic E-state index is 10.7. The van der Waals surface area contributed by atoms with Gasteiger partial charge in [0.2, 0.25) is 0 Å². The van der Waals surface area contributed by atoms with Crippen LogP contribution in [0.4, 0.5) is 5.69 Å². The predicted molar refractivity (Wildman–Crippen MR) is 82.4 cm³/mol. The molecule has 0 spiro atoms. The molecular weight excluding hydrogens is 338 g/mol. The van der Waals surface area contributed by atoms with Crippen LogP contribution in [0, 0.1) is 10.1 Å². The fourth-order valence-electron chi connectivity index (χ4n) is 1.81. The smallest absolute Gasteiger partial charge is 0.270 e. The van der Waals surface area contributed by atoms with Crippen LogP contribution >= 0.6 is 15.9 Å². The normalized spacial score (nSPS) is 10.4. The molecule has 21 heavy (non-hydrogen) atoms. The number of nitrogens with zero attached hydrogens (tertiary/aromatic N) is 1. The van der Waals surface area contributed by atoms with Crippen molar-refractivity contribution in [1.82, 2.24) is 0 Å². The lowest BCUT2D eigenvalue weighted by Crippen LogP contribution is -1.98. The summed E-state index contributed by atoms with van der Waals surface area (Å²) in [4.78, 5) is 10.2. The summed E-state index contributed by atoms with van der Waals surface area (Å²) in [7, 11) is 0. The minimum absolute atomic E-state index is 0.0407. The van der Waals surface area contributed by atoms with E-state index in [1.54, 1.807) is 6.07 Å². The molecule has 0 aliphatic carbocycles. The minimum Gasteiger partial charge on any atom is -0.489 e. The Balaban J connectivity index is 2.01. The number of aliphatic hydroxyl groups is 1. The highest BCUT2D eigenvalue weighted by atomic mass is 79.9. The Bertz CT molecular complexity index is 628. The Hall–Kier alpha value is -1.92. The van der Waals surface area contributed by atoms with Crippen molar-refractivity contribution in [3.05, 3.63) is 68.2 Å². The van der Waals surface area contributed by atoms with E-state index < -0.39 is 4.92 Å². The van der Waals surface area contributed by atoms with Gasteiger partial charge in [-0.3, -0.25) is 10.1 Å². The van der Waals surface area contributed by atoms with Gasteiger partial charge in [0.15, 0.2) is 0 Å². The summed E-state index contributed by atoms with van der Waals surface area (Å²) in [6.45, 7) is 0.438. The molecule has 2 rings (SSSR count). The number of non-ortho nitro benzene ring substituents is 1. The number of nitro groups is 1. The van der Waals surface area contributed by atoms with Crippen LogP contribution in [0.3, 0.4) is 0 Å². The lowest BCUT2D eigenvalue weighted by atomic mass is 10.1. The zero-order chi connectivity index (χ0) is 15.2. The van der Waals surface area contributed by atoms with Crippen molar-refractivity contribution in [2.75, 3.05) is 6.61 Å². The number of hydrogen-bond acceptors (Lipinski definition) is 4. The fourth-order valence-corrected chi connectivity index (χ4v) is 2.29. The van der Waals surface area contributed by atoms with Crippen molar-refractivity contribution in [1.29, 1.82) is 0 Å². The quantitative estimate of drug-likeness (QED) is 0.638. The highest BCUT2D eigenvalue weighted by Crippen LogP contribution is 2.24. The maximum absolute atomic E-state index is 10.7. The molecule has 0 aromatic heterocycles. The van der Waals surface area contributed by atoms with Gasteiger partial charge in [-0.05, 0) is 30.2 Å². The van der Waals surface area contributed by atoms with E-state index in [4.69, 9.17) is 9.84 Å². The van der Waals surface area contributed by atoms with Crippen molar-refractivity contribution in [2.24, 2.45) is 0 Å². The molecule has 2 aromatic rings. The largest absolute Gasteiger partial charge is 0.489 e. The SMILES string of the molecule is O=[N+]([O-])c1ccc(COc2ccc(CCO)cc2)c(Br)c1. The minimum atomic E-state index is -0.435. The first-order valence-electron chi connectivity index (χ1n) is 6.35. The topological polar surface area (TPSA) is 72.6 Å². The molecule has 1 N–H and O–H groups in total. The van der Waals surface area contributed by atoms with Crippen LogP contribution in [0.5, 0.6) is 5.75 Å². The van der Waals surface area contributed by atoms with Crippen LogP contribution in [-0.2, 0) is 13.0 Å². The Kier molecular flexibility index (Phi) is 5.30. The molecule has 0 radical (unpaired) electrons. The van der Waals surface area contributed by atoms with Gasteiger partial charge in [0.1, 0.15) is 12.4 Å². The van der Waals surface area contributed by atoms with Crippen LogP contribution in [0.15, 0.2) is 46.9 Å². The zero-order valence-corrected chi connectivity index (χ0v) is 12.7. The summed E-state index contributed by atoms with van der Waals surface area (Å²) in [6.07, 6.45) is 0.619. The fraction of sp³-hybridized carbons (Fsp3) is 0.200. The highest BCUT2D eigenvalue weighted by molar-refractivity contribution is 9.10. The summed E-state index contributed by atoms with van der Waals surface area (Å²) in [6, 6.07) is 12.1. The number of rotatable bonds is 6. The van der Waals surface area contributed by atoms with E-state index >= 15 is 0 Å². The van der Waals surface area contributed by atoms with E-state index in [1.165, 1.54) is 12.1 Å². The summed E-state index contributed by atoms with van der Waals surface area (Å²) in [5, 5.41) is 19.5. The summed E-state index contributed by atoms with van der Waals surface area (Å²) < 4.78 is 6.29. The highest BCUT2D eigenvalue weighted by Gasteiger charge is 2.09. The van der Waals surface area contributed by atoms with Gasteiger partial charge < -0.3 is 9.84 Å². The molecule has 0 saturated heterocycles. The molecule has 0 atom stereocenters. The summed E-state index contributed by atoms with van der Waals surface area (Å²) >= 11 is 3.31. The molecule has 2 aromatic carbocycles. The molecule has 5 nitrogen and oxygen atoms in total. The van der Waals surface area contributed by atoms with Gasteiger partial charge in [0, 0.05) is 28.8 Å². The van der Waals surface area contributed by atoms with Crippen molar-refractivity contribution in [2.45, 2.75) is 13.0 Å². The number of ether oxygens (including phenoxy) is 1. The van der Waals surface area contributed by atoms with Crippen molar-refractivity contribution in [3.8, 4) is 5.75 Å². The average Bonchev–Trinajstić information content (AvgIpc) is 2.47. The third kappa shape index (κ3) is 4.27. The second kappa shape index (κ2) is 7.19. The second-order valence-electron chi connectivity index (χ2n) is 4.44. The third-order valence-electron chi connectivity index (χ3n) is 2.97. The Morgan fingerprint density at radius 3 is 2.48 bits per heavy atom. The lowest BCUT2D eigenvalue weighted by molar-refractivity contribution is -0.384. The number of aliphatic hydroxyl groups excluding tert-OH is 1. The Morgan fingerprint density at radius 2 is 1.90 bits per heavy atom. The summed E-state index contributed by atoms with van der Waals surface area (Å²) in [5.74, 6) is 0.710. The van der Waals surface area contributed by atoms with Gasteiger partial charge in [0.25, 0.3) is 5.69 Å². The van der Waals surface area contributed by atoms with Crippen LogP contribution in [0.25, 0.3) is 0 Å².